The molecule has 1 atom stereocenters. The van der Waals surface area contributed by atoms with Crippen molar-refractivity contribution in [1.29, 1.82) is 0 Å². The van der Waals surface area contributed by atoms with Crippen molar-refractivity contribution in [2.24, 2.45) is 5.92 Å². The molecule has 0 radical (unpaired) electrons. The van der Waals surface area contributed by atoms with Crippen LogP contribution in [0.3, 0.4) is 0 Å². The average molecular weight is 194 g/mol. The summed E-state index contributed by atoms with van der Waals surface area (Å²) < 4.78 is 0. The molecule has 1 aliphatic carbocycles. The van der Waals surface area contributed by atoms with Gasteiger partial charge in [-0.3, -0.25) is 9.69 Å². The highest BCUT2D eigenvalue weighted by Crippen LogP contribution is 2.34. The van der Waals surface area contributed by atoms with Crippen molar-refractivity contribution in [3.63, 3.8) is 0 Å². The Labute approximate surface area is 85.9 Å². The molecule has 0 aromatic carbocycles. The van der Waals surface area contributed by atoms with Gasteiger partial charge in [-0.1, -0.05) is 5.92 Å². The van der Waals surface area contributed by atoms with Crippen molar-refractivity contribution in [2.75, 3.05) is 20.1 Å². The van der Waals surface area contributed by atoms with Crippen LogP contribution in [0.4, 0.5) is 0 Å². The smallest absolute Gasteiger partial charge is 0.234 e. The van der Waals surface area contributed by atoms with Gasteiger partial charge >= 0.3 is 0 Å². The highest BCUT2D eigenvalue weighted by molar-refractivity contribution is 5.78. The standard InChI is InChI=1S/C11H18N2O/c1-4-7-12-11(14)8-13(3)9(2)10-5-6-10/h1,9-10H,5-8H2,2-3H3,(H,12,14)/t9-/m1/s1. The maximum Gasteiger partial charge on any atom is 0.234 e. The average Bonchev–Trinajstić information content (AvgIpc) is 2.96. The van der Waals surface area contributed by atoms with Crippen LogP contribution in [0.5, 0.6) is 0 Å². The fourth-order valence-corrected chi connectivity index (χ4v) is 1.51. The van der Waals surface area contributed by atoms with Crippen molar-refractivity contribution >= 4 is 5.91 Å². The molecule has 0 unspecified atom stereocenters. The van der Waals surface area contributed by atoms with E-state index >= 15 is 0 Å². The summed E-state index contributed by atoms with van der Waals surface area (Å²) in [4.78, 5) is 13.4. The first-order valence-corrected chi connectivity index (χ1v) is 5.05. The summed E-state index contributed by atoms with van der Waals surface area (Å²) in [6.45, 7) is 2.94. The lowest BCUT2D eigenvalue weighted by Gasteiger charge is -2.23. The van der Waals surface area contributed by atoms with Gasteiger partial charge in [-0.05, 0) is 32.7 Å². The molecule has 0 aliphatic heterocycles. The Bertz CT molecular complexity index is 240. The number of terminal acetylenes is 1. The van der Waals surface area contributed by atoms with Crippen LogP contribution in [0.15, 0.2) is 0 Å². The fraction of sp³-hybridized carbons (Fsp3) is 0.727. The lowest BCUT2D eigenvalue weighted by Crippen LogP contribution is -2.40. The van der Waals surface area contributed by atoms with E-state index in [1.54, 1.807) is 0 Å². The maximum absolute atomic E-state index is 11.3. The Morgan fingerprint density at radius 2 is 2.36 bits per heavy atom. The van der Waals surface area contributed by atoms with E-state index in [0.717, 1.165) is 5.92 Å². The summed E-state index contributed by atoms with van der Waals surface area (Å²) in [7, 11) is 1.98. The zero-order valence-corrected chi connectivity index (χ0v) is 8.92. The van der Waals surface area contributed by atoms with Crippen molar-refractivity contribution in [1.82, 2.24) is 10.2 Å². The number of likely N-dealkylation sites (N-methyl/N-ethyl adjacent to an activating group) is 1. The van der Waals surface area contributed by atoms with E-state index in [1.807, 2.05) is 7.05 Å². The van der Waals surface area contributed by atoms with Crippen LogP contribution in [0, 0.1) is 18.3 Å². The van der Waals surface area contributed by atoms with Gasteiger partial charge in [0, 0.05) is 6.04 Å². The Balaban J connectivity index is 2.21. The first-order chi connectivity index (χ1) is 6.65. The van der Waals surface area contributed by atoms with Crippen molar-refractivity contribution in [3.05, 3.63) is 0 Å². The Morgan fingerprint density at radius 1 is 1.71 bits per heavy atom. The first-order valence-electron chi connectivity index (χ1n) is 5.05. The molecule has 1 aliphatic rings. The van der Waals surface area contributed by atoms with Gasteiger partial charge < -0.3 is 5.32 Å². The van der Waals surface area contributed by atoms with Gasteiger partial charge in [0.1, 0.15) is 0 Å². The lowest BCUT2D eigenvalue weighted by atomic mass is 10.2. The van der Waals surface area contributed by atoms with Crippen molar-refractivity contribution < 1.29 is 4.79 Å². The highest BCUT2D eigenvalue weighted by Gasteiger charge is 2.30. The number of nitrogens with zero attached hydrogens (tertiary/aromatic N) is 1. The number of nitrogens with one attached hydrogen (secondary N) is 1. The van der Waals surface area contributed by atoms with Gasteiger partial charge in [0.2, 0.25) is 5.91 Å². The molecule has 3 nitrogen and oxygen atoms in total. The van der Waals surface area contributed by atoms with E-state index in [0.29, 0.717) is 19.1 Å². The number of hydrogen-bond donors (Lipinski definition) is 1. The molecule has 0 bridgehead atoms. The van der Waals surface area contributed by atoms with Gasteiger partial charge in [0.05, 0.1) is 13.1 Å². The summed E-state index contributed by atoms with van der Waals surface area (Å²) in [6.07, 6.45) is 7.65. The molecular formula is C11H18N2O. The molecule has 0 spiro atoms. The second-order valence-electron chi connectivity index (χ2n) is 3.97. The van der Waals surface area contributed by atoms with Crippen LogP contribution in [0.25, 0.3) is 0 Å². The molecule has 3 heteroatoms. The van der Waals surface area contributed by atoms with E-state index < -0.39 is 0 Å². The van der Waals surface area contributed by atoms with Crippen LogP contribution < -0.4 is 5.32 Å². The van der Waals surface area contributed by atoms with E-state index in [4.69, 9.17) is 6.42 Å². The van der Waals surface area contributed by atoms with E-state index in [1.165, 1.54) is 12.8 Å². The zero-order valence-electron chi connectivity index (χ0n) is 8.92. The molecule has 0 aromatic heterocycles. The number of rotatable bonds is 5. The summed E-state index contributed by atoms with van der Waals surface area (Å²) in [5.74, 6) is 3.19. The molecule has 0 saturated heterocycles. The van der Waals surface area contributed by atoms with Crippen molar-refractivity contribution in [2.45, 2.75) is 25.8 Å². The van der Waals surface area contributed by atoms with E-state index in [-0.39, 0.29) is 5.91 Å². The Kier molecular flexibility index (Phi) is 3.97. The van der Waals surface area contributed by atoms with Crippen LogP contribution >= 0.6 is 0 Å². The molecule has 1 N–H and O–H groups in total. The van der Waals surface area contributed by atoms with Gasteiger partial charge in [-0.15, -0.1) is 6.42 Å². The number of hydrogen-bond acceptors (Lipinski definition) is 2. The van der Waals surface area contributed by atoms with Crippen LogP contribution in [-0.2, 0) is 4.79 Å². The fourth-order valence-electron chi connectivity index (χ4n) is 1.51. The predicted molar refractivity (Wildman–Crippen MR) is 56.7 cm³/mol. The molecule has 1 fully saturated rings. The van der Waals surface area contributed by atoms with Gasteiger partial charge in [0.15, 0.2) is 0 Å². The molecule has 14 heavy (non-hydrogen) atoms. The summed E-state index contributed by atoms with van der Waals surface area (Å²) in [5.41, 5.74) is 0. The van der Waals surface area contributed by atoms with Crippen LogP contribution in [0.2, 0.25) is 0 Å². The highest BCUT2D eigenvalue weighted by atomic mass is 16.2. The van der Waals surface area contributed by atoms with Gasteiger partial charge in [0.25, 0.3) is 0 Å². The SMILES string of the molecule is C#CCNC(=O)CN(C)[C@H](C)C1CC1. The van der Waals surface area contributed by atoms with Crippen molar-refractivity contribution in [3.8, 4) is 12.3 Å². The summed E-state index contributed by atoms with van der Waals surface area (Å²) in [5, 5.41) is 2.66. The third-order valence-corrected chi connectivity index (χ3v) is 2.78. The summed E-state index contributed by atoms with van der Waals surface area (Å²) in [6, 6.07) is 0.506. The second-order valence-corrected chi connectivity index (χ2v) is 3.97. The summed E-state index contributed by atoms with van der Waals surface area (Å²) >= 11 is 0. The largest absolute Gasteiger partial charge is 0.344 e. The first kappa shape index (κ1) is 11.1. The minimum Gasteiger partial charge on any atom is -0.344 e. The number of carbonyl (C=O) groups is 1. The number of carbonyl (C=O) groups excluding carboxylic acids is 1. The minimum absolute atomic E-state index is 0.0120. The molecular weight excluding hydrogens is 176 g/mol. The zero-order chi connectivity index (χ0) is 10.6. The quantitative estimate of drug-likeness (QED) is 0.645. The lowest BCUT2D eigenvalue weighted by molar-refractivity contribution is -0.122. The third-order valence-electron chi connectivity index (χ3n) is 2.78. The van der Waals surface area contributed by atoms with Gasteiger partial charge in [-0.2, -0.15) is 0 Å². The van der Waals surface area contributed by atoms with Crippen LogP contribution in [-0.4, -0.2) is 37.0 Å². The normalized spacial score (nSPS) is 17.6. The predicted octanol–water partition coefficient (Wildman–Crippen LogP) is 0.466. The van der Waals surface area contributed by atoms with E-state index in [2.05, 4.69) is 23.1 Å². The molecule has 1 amide bonds. The molecule has 1 saturated carbocycles. The van der Waals surface area contributed by atoms with Gasteiger partial charge in [-0.25, -0.2) is 0 Å². The number of amides is 1. The van der Waals surface area contributed by atoms with E-state index in [9.17, 15) is 4.79 Å². The molecule has 0 aromatic rings. The van der Waals surface area contributed by atoms with Crippen LogP contribution in [0.1, 0.15) is 19.8 Å². The molecule has 1 rings (SSSR count). The molecule has 78 valence electrons. The Morgan fingerprint density at radius 3 is 2.86 bits per heavy atom. The maximum atomic E-state index is 11.3. The Hall–Kier alpha value is -1.01. The third kappa shape index (κ3) is 3.39. The second kappa shape index (κ2) is 5.02. The monoisotopic (exact) mass is 194 g/mol. The molecule has 0 heterocycles. The minimum atomic E-state index is 0.0120. The topological polar surface area (TPSA) is 32.3 Å².